The summed E-state index contributed by atoms with van der Waals surface area (Å²) in [6, 6.07) is 7.79. The average molecular weight is 377 g/mol. The molecule has 0 unspecified atom stereocenters. The van der Waals surface area contributed by atoms with E-state index >= 15 is 0 Å². The van der Waals surface area contributed by atoms with Crippen molar-refractivity contribution < 1.29 is 19.4 Å². The van der Waals surface area contributed by atoms with Crippen molar-refractivity contribution in [2.75, 3.05) is 13.2 Å². The first-order valence-electron chi connectivity index (χ1n) is 10.7. The molecule has 1 aliphatic rings. The fourth-order valence-electron chi connectivity index (χ4n) is 3.67. The van der Waals surface area contributed by atoms with Crippen molar-refractivity contribution in [3.63, 3.8) is 0 Å². The molecule has 0 bridgehead atoms. The van der Waals surface area contributed by atoms with Gasteiger partial charge in [-0.2, -0.15) is 0 Å². The molecule has 0 saturated heterocycles. The van der Waals surface area contributed by atoms with E-state index in [9.17, 15) is 9.90 Å². The molecule has 4 nitrogen and oxygen atoms in total. The maximum atomic E-state index is 12.2. The van der Waals surface area contributed by atoms with Gasteiger partial charge in [0.15, 0.2) is 0 Å². The molecular weight excluding hydrogens is 340 g/mol. The fraction of sp³-hybridized carbons (Fsp3) is 0.696. The third-order valence-corrected chi connectivity index (χ3v) is 5.55. The largest absolute Gasteiger partial charge is 0.494 e. The van der Waals surface area contributed by atoms with E-state index in [4.69, 9.17) is 9.47 Å². The van der Waals surface area contributed by atoms with E-state index in [2.05, 4.69) is 13.8 Å². The lowest BCUT2D eigenvalue weighted by atomic mass is 9.75. The zero-order valence-corrected chi connectivity index (χ0v) is 17.0. The molecule has 0 atom stereocenters. The average Bonchev–Trinajstić information content (AvgIpc) is 2.69. The van der Waals surface area contributed by atoms with E-state index in [0.717, 1.165) is 43.6 Å². The van der Waals surface area contributed by atoms with E-state index in [1.807, 2.05) is 24.3 Å². The Balaban J connectivity index is 1.79. The summed E-state index contributed by atoms with van der Waals surface area (Å²) in [4.78, 5) is 12.2. The number of benzene rings is 1. The molecule has 0 aliphatic heterocycles. The van der Waals surface area contributed by atoms with Gasteiger partial charge in [-0.15, -0.1) is 0 Å². The first-order valence-corrected chi connectivity index (χ1v) is 10.7. The first-order chi connectivity index (χ1) is 13.1. The van der Waals surface area contributed by atoms with Crippen molar-refractivity contribution in [2.24, 2.45) is 5.92 Å². The Morgan fingerprint density at radius 2 is 1.59 bits per heavy atom. The zero-order valence-electron chi connectivity index (χ0n) is 17.0. The van der Waals surface area contributed by atoms with Crippen LogP contribution in [-0.2, 0) is 15.1 Å². The number of hydrogen-bond acceptors (Lipinski definition) is 4. The summed E-state index contributed by atoms with van der Waals surface area (Å²) in [5, 5.41) is 11.0. The molecule has 1 fully saturated rings. The predicted octanol–water partition coefficient (Wildman–Crippen LogP) is 5.37. The minimum absolute atomic E-state index is 0.0759. The van der Waals surface area contributed by atoms with E-state index in [1.54, 1.807) is 0 Å². The van der Waals surface area contributed by atoms with Crippen LogP contribution >= 0.6 is 0 Å². The standard InChI is InChI=1S/C23H36O4/c1-3-5-7-17-26-21-11-9-20(10-12-21)23(25)15-13-19(14-16-23)22(24)27-18-8-6-4-2/h9-12,19,25H,3-8,13-18H2,1-2H3. The van der Waals surface area contributed by atoms with Crippen molar-refractivity contribution in [3.8, 4) is 5.75 Å². The van der Waals surface area contributed by atoms with Gasteiger partial charge in [-0.3, -0.25) is 4.79 Å². The van der Waals surface area contributed by atoms with Crippen molar-refractivity contribution in [2.45, 2.75) is 83.7 Å². The molecule has 1 aromatic rings. The Kier molecular flexibility index (Phi) is 9.12. The molecule has 27 heavy (non-hydrogen) atoms. The van der Waals surface area contributed by atoms with Crippen LogP contribution in [0.25, 0.3) is 0 Å². The molecule has 0 heterocycles. The molecule has 1 saturated carbocycles. The Hall–Kier alpha value is -1.55. The highest BCUT2D eigenvalue weighted by molar-refractivity contribution is 5.72. The van der Waals surface area contributed by atoms with Crippen LogP contribution in [0.3, 0.4) is 0 Å². The SMILES string of the molecule is CCCCCOC(=O)C1CCC(O)(c2ccc(OCCCCC)cc2)CC1. The van der Waals surface area contributed by atoms with Gasteiger partial charge in [0.25, 0.3) is 0 Å². The fourth-order valence-corrected chi connectivity index (χ4v) is 3.67. The minimum atomic E-state index is -0.847. The van der Waals surface area contributed by atoms with Gasteiger partial charge in [0.2, 0.25) is 0 Å². The van der Waals surface area contributed by atoms with Crippen LogP contribution in [0.2, 0.25) is 0 Å². The van der Waals surface area contributed by atoms with Crippen molar-refractivity contribution in [1.29, 1.82) is 0 Å². The first kappa shape index (κ1) is 21.7. The summed E-state index contributed by atoms with van der Waals surface area (Å²) in [6.07, 6.45) is 9.13. The predicted molar refractivity (Wildman–Crippen MR) is 108 cm³/mol. The molecular formula is C23H36O4. The number of esters is 1. The van der Waals surface area contributed by atoms with Crippen molar-refractivity contribution in [1.82, 2.24) is 0 Å². The molecule has 152 valence electrons. The van der Waals surface area contributed by atoms with Crippen LogP contribution in [0.5, 0.6) is 5.75 Å². The number of unbranched alkanes of at least 4 members (excludes halogenated alkanes) is 4. The molecule has 1 aromatic carbocycles. The maximum absolute atomic E-state index is 12.2. The van der Waals surface area contributed by atoms with Gasteiger partial charge in [0.1, 0.15) is 5.75 Å². The van der Waals surface area contributed by atoms with Crippen molar-refractivity contribution >= 4 is 5.97 Å². The molecule has 0 spiro atoms. The monoisotopic (exact) mass is 376 g/mol. The van der Waals surface area contributed by atoms with Crippen LogP contribution < -0.4 is 4.74 Å². The maximum Gasteiger partial charge on any atom is 0.308 e. The summed E-state index contributed by atoms with van der Waals surface area (Å²) >= 11 is 0. The molecule has 4 heteroatoms. The number of hydrogen-bond donors (Lipinski definition) is 1. The smallest absolute Gasteiger partial charge is 0.308 e. The van der Waals surface area contributed by atoms with Crippen molar-refractivity contribution in [3.05, 3.63) is 29.8 Å². The van der Waals surface area contributed by atoms with Crippen LogP contribution in [0.15, 0.2) is 24.3 Å². The lowest BCUT2D eigenvalue weighted by Crippen LogP contribution is -2.34. The zero-order chi connectivity index (χ0) is 19.5. The second-order valence-corrected chi connectivity index (χ2v) is 7.76. The second kappa shape index (κ2) is 11.3. The third kappa shape index (κ3) is 6.84. The van der Waals surface area contributed by atoms with Gasteiger partial charge < -0.3 is 14.6 Å². The van der Waals surface area contributed by atoms with E-state index in [0.29, 0.717) is 32.3 Å². The molecule has 0 radical (unpaired) electrons. The highest BCUT2D eigenvalue weighted by Crippen LogP contribution is 2.40. The highest BCUT2D eigenvalue weighted by atomic mass is 16.5. The second-order valence-electron chi connectivity index (χ2n) is 7.76. The van der Waals surface area contributed by atoms with Gasteiger partial charge in [-0.1, -0.05) is 51.7 Å². The summed E-state index contributed by atoms with van der Waals surface area (Å²) in [7, 11) is 0. The number of rotatable bonds is 11. The summed E-state index contributed by atoms with van der Waals surface area (Å²) in [5.74, 6) is 0.680. The summed E-state index contributed by atoms with van der Waals surface area (Å²) in [5.41, 5.74) is 0.0675. The van der Waals surface area contributed by atoms with Crippen LogP contribution in [0, 0.1) is 5.92 Å². The Labute approximate surface area is 164 Å². The highest BCUT2D eigenvalue weighted by Gasteiger charge is 2.37. The molecule has 0 aromatic heterocycles. The number of aliphatic hydroxyl groups is 1. The topological polar surface area (TPSA) is 55.8 Å². The molecule has 1 aliphatic carbocycles. The van der Waals surface area contributed by atoms with E-state index < -0.39 is 5.60 Å². The molecule has 1 N–H and O–H groups in total. The lowest BCUT2D eigenvalue weighted by Gasteiger charge is -2.35. The minimum Gasteiger partial charge on any atom is -0.494 e. The van der Waals surface area contributed by atoms with Crippen LogP contribution in [0.4, 0.5) is 0 Å². The van der Waals surface area contributed by atoms with Gasteiger partial charge in [0, 0.05) is 0 Å². The number of ether oxygens (including phenoxy) is 2. The summed E-state index contributed by atoms with van der Waals surface area (Å²) < 4.78 is 11.1. The Bertz CT molecular complexity index is 544. The Morgan fingerprint density at radius 1 is 1.00 bits per heavy atom. The molecule has 2 rings (SSSR count). The normalized spacial score (nSPS) is 22.4. The van der Waals surface area contributed by atoms with Crippen LogP contribution in [-0.4, -0.2) is 24.3 Å². The van der Waals surface area contributed by atoms with Gasteiger partial charge in [0.05, 0.1) is 24.7 Å². The van der Waals surface area contributed by atoms with Gasteiger partial charge >= 0.3 is 5.97 Å². The number of carbonyl (C=O) groups is 1. The van der Waals surface area contributed by atoms with Gasteiger partial charge in [-0.25, -0.2) is 0 Å². The van der Waals surface area contributed by atoms with Gasteiger partial charge in [-0.05, 0) is 56.2 Å². The van der Waals surface area contributed by atoms with Crippen LogP contribution in [0.1, 0.15) is 83.6 Å². The quantitative estimate of drug-likeness (QED) is 0.417. The van der Waals surface area contributed by atoms with E-state index in [-0.39, 0.29) is 11.9 Å². The third-order valence-electron chi connectivity index (χ3n) is 5.55. The number of carbonyl (C=O) groups excluding carboxylic acids is 1. The molecule has 0 amide bonds. The lowest BCUT2D eigenvalue weighted by molar-refractivity contribution is -0.152. The Morgan fingerprint density at radius 3 is 2.19 bits per heavy atom. The summed E-state index contributed by atoms with van der Waals surface area (Å²) in [6.45, 7) is 5.57. The van der Waals surface area contributed by atoms with E-state index in [1.165, 1.54) is 12.8 Å².